The van der Waals surface area contributed by atoms with Crippen LogP contribution in [0.15, 0.2) is 0 Å². The van der Waals surface area contributed by atoms with Crippen LogP contribution in [0.25, 0.3) is 0 Å². The third-order valence-corrected chi connectivity index (χ3v) is 3.02. The molecule has 0 atom stereocenters. The average molecular weight is 228 g/mol. The summed E-state index contributed by atoms with van der Waals surface area (Å²) in [5, 5.41) is 3.53. The predicted molar refractivity (Wildman–Crippen MR) is 68.8 cm³/mol. The van der Waals surface area contributed by atoms with Gasteiger partial charge in [0.1, 0.15) is 0 Å². The molecule has 0 aromatic carbocycles. The molecule has 1 saturated heterocycles. The van der Waals surface area contributed by atoms with Crippen LogP contribution >= 0.6 is 0 Å². The number of piperidine rings is 1. The van der Waals surface area contributed by atoms with Crippen LogP contribution in [0, 0.1) is 0 Å². The molecular formula is C13H28N2O. The molecule has 3 heteroatoms. The zero-order valence-corrected chi connectivity index (χ0v) is 11.4. The smallest absolute Gasteiger partial charge is 0.0599 e. The molecule has 16 heavy (non-hydrogen) atoms. The van der Waals surface area contributed by atoms with Crippen molar-refractivity contribution < 1.29 is 4.74 Å². The lowest BCUT2D eigenvalue weighted by atomic mass is 10.1. The summed E-state index contributed by atoms with van der Waals surface area (Å²) >= 11 is 0. The van der Waals surface area contributed by atoms with Crippen LogP contribution in [-0.4, -0.2) is 49.3 Å². The van der Waals surface area contributed by atoms with Crippen molar-refractivity contribution in [1.29, 1.82) is 0 Å². The summed E-state index contributed by atoms with van der Waals surface area (Å²) in [4.78, 5) is 2.54. The molecule has 0 bridgehead atoms. The molecule has 0 aromatic heterocycles. The fourth-order valence-electron chi connectivity index (χ4n) is 2.12. The van der Waals surface area contributed by atoms with Crippen LogP contribution in [0.5, 0.6) is 0 Å². The molecule has 1 aliphatic rings. The number of hydrogen-bond acceptors (Lipinski definition) is 3. The SMILES string of the molecule is CCOC1CCN(CCNC(C)(C)C)CC1. The van der Waals surface area contributed by atoms with E-state index in [-0.39, 0.29) is 5.54 Å². The molecule has 1 aliphatic heterocycles. The Balaban J connectivity index is 2.08. The fraction of sp³-hybridized carbons (Fsp3) is 1.00. The van der Waals surface area contributed by atoms with Crippen LogP contribution in [0.2, 0.25) is 0 Å². The highest BCUT2D eigenvalue weighted by Crippen LogP contribution is 2.13. The Hall–Kier alpha value is -0.120. The first-order valence-corrected chi connectivity index (χ1v) is 6.60. The van der Waals surface area contributed by atoms with Crippen molar-refractivity contribution in [3.8, 4) is 0 Å². The minimum atomic E-state index is 0.240. The van der Waals surface area contributed by atoms with Gasteiger partial charge in [-0.2, -0.15) is 0 Å². The number of hydrogen-bond donors (Lipinski definition) is 1. The summed E-state index contributed by atoms with van der Waals surface area (Å²) in [5.74, 6) is 0. The van der Waals surface area contributed by atoms with E-state index >= 15 is 0 Å². The summed E-state index contributed by atoms with van der Waals surface area (Å²) in [7, 11) is 0. The molecule has 0 saturated carbocycles. The molecule has 1 fully saturated rings. The van der Waals surface area contributed by atoms with Gasteiger partial charge >= 0.3 is 0 Å². The van der Waals surface area contributed by atoms with Gasteiger partial charge in [-0.1, -0.05) is 0 Å². The minimum Gasteiger partial charge on any atom is -0.378 e. The van der Waals surface area contributed by atoms with Gasteiger partial charge in [0.15, 0.2) is 0 Å². The standard InChI is InChI=1S/C13H28N2O/c1-5-16-12-6-9-15(10-7-12)11-8-14-13(2,3)4/h12,14H,5-11H2,1-4H3. The Labute approximate surface area is 101 Å². The Kier molecular flexibility index (Phi) is 5.73. The first-order valence-electron chi connectivity index (χ1n) is 6.60. The monoisotopic (exact) mass is 228 g/mol. The van der Waals surface area contributed by atoms with E-state index in [1.165, 1.54) is 25.9 Å². The molecule has 0 aliphatic carbocycles. The molecule has 0 unspecified atom stereocenters. The molecule has 0 spiro atoms. The number of likely N-dealkylation sites (tertiary alicyclic amines) is 1. The molecule has 0 amide bonds. The molecule has 0 aromatic rings. The maximum absolute atomic E-state index is 5.65. The van der Waals surface area contributed by atoms with Crippen LogP contribution in [-0.2, 0) is 4.74 Å². The second kappa shape index (κ2) is 6.58. The first kappa shape index (κ1) is 13.9. The zero-order chi connectivity index (χ0) is 12.0. The predicted octanol–water partition coefficient (Wildman–Crippen LogP) is 1.88. The van der Waals surface area contributed by atoms with Gasteiger partial charge in [0.25, 0.3) is 0 Å². The summed E-state index contributed by atoms with van der Waals surface area (Å²) in [5.41, 5.74) is 0.240. The third kappa shape index (κ3) is 5.83. The van der Waals surface area contributed by atoms with E-state index in [9.17, 15) is 0 Å². The molecule has 0 radical (unpaired) electrons. The topological polar surface area (TPSA) is 24.5 Å². The van der Waals surface area contributed by atoms with Crippen molar-refractivity contribution in [2.75, 3.05) is 32.8 Å². The molecular weight excluding hydrogens is 200 g/mol. The zero-order valence-electron chi connectivity index (χ0n) is 11.4. The van der Waals surface area contributed by atoms with Gasteiger partial charge in [0.05, 0.1) is 6.10 Å². The molecule has 1 rings (SSSR count). The van der Waals surface area contributed by atoms with E-state index in [1.807, 2.05) is 0 Å². The Bertz CT molecular complexity index is 181. The highest BCUT2D eigenvalue weighted by atomic mass is 16.5. The van der Waals surface area contributed by atoms with Crippen LogP contribution < -0.4 is 5.32 Å². The lowest BCUT2D eigenvalue weighted by molar-refractivity contribution is 0.0143. The maximum Gasteiger partial charge on any atom is 0.0599 e. The van der Waals surface area contributed by atoms with Crippen molar-refractivity contribution in [2.24, 2.45) is 0 Å². The van der Waals surface area contributed by atoms with E-state index < -0.39 is 0 Å². The normalized spacial score (nSPS) is 20.2. The summed E-state index contributed by atoms with van der Waals surface area (Å²) in [6, 6.07) is 0. The maximum atomic E-state index is 5.65. The molecule has 3 nitrogen and oxygen atoms in total. The second-order valence-corrected chi connectivity index (χ2v) is 5.67. The Morgan fingerprint density at radius 3 is 2.38 bits per heavy atom. The highest BCUT2D eigenvalue weighted by Gasteiger charge is 2.19. The summed E-state index contributed by atoms with van der Waals surface area (Å²) < 4.78 is 5.65. The van der Waals surface area contributed by atoms with Crippen molar-refractivity contribution in [3.05, 3.63) is 0 Å². The Morgan fingerprint density at radius 2 is 1.88 bits per heavy atom. The summed E-state index contributed by atoms with van der Waals surface area (Å²) in [6.45, 7) is 14.2. The quantitative estimate of drug-likeness (QED) is 0.777. The van der Waals surface area contributed by atoms with Gasteiger partial charge in [0, 0.05) is 38.3 Å². The van der Waals surface area contributed by atoms with Gasteiger partial charge in [-0.25, -0.2) is 0 Å². The van der Waals surface area contributed by atoms with E-state index in [2.05, 4.69) is 37.9 Å². The third-order valence-electron chi connectivity index (χ3n) is 3.02. The first-order chi connectivity index (χ1) is 7.51. The minimum absolute atomic E-state index is 0.240. The molecule has 1 N–H and O–H groups in total. The van der Waals surface area contributed by atoms with Gasteiger partial charge in [0.2, 0.25) is 0 Å². The van der Waals surface area contributed by atoms with Gasteiger partial charge in [-0.15, -0.1) is 0 Å². The van der Waals surface area contributed by atoms with E-state index in [0.717, 1.165) is 19.7 Å². The lowest BCUT2D eigenvalue weighted by Crippen LogP contribution is -2.44. The average Bonchev–Trinajstić information content (AvgIpc) is 2.19. The fourth-order valence-corrected chi connectivity index (χ4v) is 2.12. The molecule has 96 valence electrons. The number of nitrogens with one attached hydrogen (secondary N) is 1. The Morgan fingerprint density at radius 1 is 1.25 bits per heavy atom. The largest absolute Gasteiger partial charge is 0.378 e. The van der Waals surface area contributed by atoms with Crippen molar-refractivity contribution in [3.63, 3.8) is 0 Å². The number of rotatable bonds is 5. The van der Waals surface area contributed by atoms with Crippen molar-refractivity contribution >= 4 is 0 Å². The van der Waals surface area contributed by atoms with Crippen molar-refractivity contribution in [1.82, 2.24) is 10.2 Å². The van der Waals surface area contributed by atoms with Crippen LogP contribution in [0.4, 0.5) is 0 Å². The highest BCUT2D eigenvalue weighted by molar-refractivity contribution is 4.75. The lowest BCUT2D eigenvalue weighted by Gasteiger charge is -2.32. The van der Waals surface area contributed by atoms with Crippen LogP contribution in [0.1, 0.15) is 40.5 Å². The number of nitrogens with zero attached hydrogens (tertiary/aromatic N) is 1. The van der Waals surface area contributed by atoms with Gasteiger partial charge < -0.3 is 15.0 Å². The summed E-state index contributed by atoms with van der Waals surface area (Å²) in [6.07, 6.45) is 2.91. The van der Waals surface area contributed by atoms with Gasteiger partial charge in [-0.05, 0) is 40.5 Å². The number of ether oxygens (including phenoxy) is 1. The van der Waals surface area contributed by atoms with Crippen molar-refractivity contribution in [2.45, 2.75) is 52.2 Å². The van der Waals surface area contributed by atoms with E-state index in [0.29, 0.717) is 6.10 Å². The van der Waals surface area contributed by atoms with E-state index in [4.69, 9.17) is 4.74 Å². The second-order valence-electron chi connectivity index (χ2n) is 5.67. The van der Waals surface area contributed by atoms with Crippen LogP contribution in [0.3, 0.4) is 0 Å². The molecule has 1 heterocycles. The van der Waals surface area contributed by atoms with E-state index in [1.54, 1.807) is 0 Å². The van der Waals surface area contributed by atoms with Gasteiger partial charge in [-0.3, -0.25) is 0 Å².